The van der Waals surface area contributed by atoms with E-state index in [1.54, 1.807) is 31.2 Å². The molecule has 7 nitrogen and oxygen atoms in total. The lowest BCUT2D eigenvalue weighted by Gasteiger charge is -2.17. The Morgan fingerprint density at radius 3 is 2.32 bits per heavy atom. The largest absolute Gasteiger partial charge is 0.479 e. The molecule has 0 saturated heterocycles. The van der Waals surface area contributed by atoms with E-state index in [9.17, 15) is 14.4 Å². The number of benzene rings is 1. The monoisotopic (exact) mass is 308 g/mol. The van der Waals surface area contributed by atoms with Crippen LogP contribution in [0.5, 0.6) is 5.75 Å². The molecule has 3 amide bonds. The van der Waals surface area contributed by atoms with Gasteiger partial charge in [0.1, 0.15) is 5.75 Å². The second kappa shape index (κ2) is 8.66. The predicted octanol–water partition coefficient (Wildman–Crippen LogP) is 1.23. The molecule has 0 saturated carbocycles. The molecule has 0 fully saturated rings. The third-order valence-electron chi connectivity index (χ3n) is 2.62. The van der Waals surface area contributed by atoms with Crippen molar-refractivity contribution in [3.05, 3.63) is 30.3 Å². The summed E-state index contributed by atoms with van der Waals surface area (Å²) in [5.74, 6) is -0.875. The first-order chi connectivity index (χ1) is 10.4. The van der Waals surface area contributed by atoms with Crippen LogP contribution in [0.4, 0.5) is 4.79 Å². The number of para-hydroxylation sites is 1. The van der Waals surface area contributed by atoms with Crippen molar-refractivity contribution < 1.29 is 23.9 Å². The molecule has 0 aliphatic carbocycles. The Balaban J connectivity index is 2.45. The molecule has 0 aromatic heterocycles. The van der Waals surface area contributed by atoms with Gasteiger partial charge < -0.3 is 14.8 Å². The van der Waals surface area contributed by atoms with E-state index >= 15 is 0 Å². The first-order valence-electron chi connectivity index (χ1n) is 6.95. The van der Waals surface area contributed by atoms with Crippen LogP contribution >= 0.6 is 0 Å². The van der Waals surface area contributed by atoms with Crippen LogP contribution in [0.2, 0.25) is 0 Å². The van der Waals surface area contributed by atoms with Gasteiger partial charge in [-0.25, -0.2) is 9.59 Å². The van der Waals surface area contributed by atoms with E-state index in [1.807, 2.05) is 6.07 Å². The van der Waals surface area contributed by atoms with Gasteiger partial charge in [-0.2, -0.15) is 0 Å². The van der Waals surface area contributed by atoms with Gasteiger partial charge in [0.15, 0.2) is 12.2 Å². The van der Waals surface area contributed by atoms with Crippen molar-refractivity contribution in [3.63, 3.8) is 0 Å². The molecular weight excluding hydrogens is 288 g/mol. The van der Waals surface area contributed by atoms with Crippen molar-refractivity contribution in [2.24, 2.45) is 0 Å². The zero-order valence-corrected chi connectivity index (χ0v) is 12.8. The fraction of sp³-hybridized carbons (Fsp3) is 0.400. The van der Waals surface area contributed by atoms with Gasteiger partial charge in [-0.3, -0.25) is 10.1 Å². The number of imide groups is 1. The number of rotatable bonds is 6. The fourth-order valence-corrected chi connectivity index (χ4v) is 1.49. The third kappa shape index (κ3) is 5.82. The topological polar surface area (TPSA) is 93.7 Å². The van der Waals surface area contributed by atoms with Crippen LogP contribution in [0.15, 0.2) is 30.3 Å². The van der Waals surface area contributed by atoms with Gasteiger partial charge in [0, 0.05) is 6.54 Å². The van der Waals surface area contributed by atoms with E-state index in [4.69, 9.17) is 9.47 Å². The normalized spacial score (nSPS) is 12.7. The van der Waals surface area contributed by atoms with E-state index in [0.717, 1.165) is 0 Å². The van der Waals surface area contributed by atoms with Crippen LogP contribution in [0.25, 0.3) is 0 Å². The standard InChI is InChI=1S/C15H20N2O5/c1-4-16-15(20)17-13(18)10(2)22-14(19)11(3)21-12-8-6-5-7-9-12/h5-11H,4H2,1-3H3,(H2,16,17,18,20)/t10-,11+/m1/s1. The summed E-state index contributed by atoms with van der Waals surface area (Å²) in [5, 5.41) is 4.47. The van der Waals surface area contributed by atoms with E-state index in [-0.39, 0.29) is 0 Å². The Morgan fingerprint density at radius 1 is 1.09 bits per heavy atom. The zero-order chi connectivity index (χ0) is 16.5. The van der Waals surface area contributed by atoms with Crippen LogP contribution < -0.4 is 15.4 Å². The van der Waals surface area contributed by atoms with Crippen molar-refractivity contribution in [2.75, 3.05) is 6.54 Å². The van der Waals surface area contributed by atoms with E-state index in [0.29, 0.717) is 12.3 Å². The molecular formula is C15H20N2O5. The highest BCUT2D eigenvalue weighted by molar-refractivity contribution is 5.97. The summed E-state index contributed by atoms with van der Waals surface area (Å²) in [6, 6.07) is 8.14. The van der Waals surface area contributed by atoms with Crippen LogP contribution in [0.1, 0.15) is 20.8 Å². The number of nitrogens with one attached hydrogen (secondary N) is 2. The van der Waals surface area contributed by atoms with Gasteiger partial charge in [-0.05, 0) is 32.9 Å². The highest BCUT2D eigenvalue weighted by atomic mass is 16.6. The lowest BCUT2D eigenvalue weighted by Crippen LogP contribution is -2.45. The zero-order valence-electron chi connectivity index (χ0n) is 12.8. The maximum Gasteiger partial charge on any atom is 0.347 e. The minimum atomic E-state index is -1.10. The molecule has 22 heavy (non-hydrogen) atoms. The summed E-state index contributed by atoms with van der Waals surface area (Å²) in [5.41, 5.74) is 0. The molecule has 0 unspecified atom stereocenters. The van der Waals surface area contributed by atoms with Crippen LogP contribution in [-0.2, 0) is 14.3 Å². The van der Waals surface area contributed by atoms with Gasteiger partial charge in [-0.1, -0.05) is 18.2 Å². The summed E-state index contributed by atoms with van der Waals surface area (Å²) in [6.07, 6.45) is -1.97. The molecule has 0 spiro atoms. The second-order valence-electron chi connectivity index (χ2n) is 4.50. The predicted molar refractivity (Wildman–Crippen MR) is 79.3 cm³/mol. The van der Waals surface area contributed by atoms with Gasteiger partial charge in [0.2, 0.25) is 0 Å². The highest BCUT2D eigenvalue weighted by Crippen LogP contribution is 2.11. The van der Waals surface area contributed by atoms with Crippen molar-refractivity contribution in [1.82, 2.24) is 10.6 Å². The summed E-state index contributed by atoms with van der Waals surface area (Å²) < 4.78 is 10.4. The number of esters is 1. The molecule has 1 rings (SSSR count). The summed E-state index contributed by atoms with van der Waals surface area (Å²) in [6.45, 7) is 5.00. The lowest BCUT2D eigenvalue weighted by molar-refractivity contribution is -0.160. The fourth-order valence-electron chi connectivity index (χ4n) is 1.49. The van der Waals surface area contributed by atoms with Crippen LogP contribution in [0, 0.1) is 0 Å². The summed E-state index contributed by atoms with van der Waals surface area (Å²) >= 11 is 0. The summed E-state index contributed by atoms with van der Waals surface area (Å²) in [7, 11) is 0. The molecule has 0 aliphatic heterocycles. The van der Waals surface area contributed by atoms with Gasteiger partial charge in [-0.15, -0.1) is 0 Å². The SMILES string of the molecule is CCNC(=O)NC(=O)[C@@H](C)OC(=O)[C@H](C)Oc1ccccc1. The number of ether oxygens (including phenoxy) is 2. The Kier molecular flexibility index (Phi) is 6.88. The maximum absolute atomic E-state index is 11.8. The Morgan fingerprint density at radius 2 is 1.73 bits per heavy atom. The minimum absolute atomic E-state index is 0.384. The first-order valence-corrected chi connectivity index (χ1v) is 6.95. The average Bonchev–Trinajstić information content (AvgIpc) is 2.48. The molecule has 2 atom stereocenters. The van der Waals surface area contributed by atoms with Gasteiger partial charge in [0.05, 0.1) is 0 Å². The maximum atomic E-state index is 11.8. The number of amides is 3. The van der Waals surface area contributed by atoms with E-state index in [1.165, 1.54) is 13.8 Å². The molecule has 120 valence electrons. The average molecular weight is 308 g/mol. The molecule has 0 bridgehead atoms. The molecule has 0 aliphatic rings. The number of hydrogen-bond acceptors (Lipinski definition) is 5. The third-order valence-corrected chi connectivity index (χ3v) is 2.62. The van der Waals surface area contributed by atoms with E-state index in [2.05, 4.69) is 10.6 Å². The van der Waals surface area contributed by atoms with Crippen molar-refractivity contribution in [2.45, 2.75) is 33.0 Å². The number of urea groups is 1. The molecule has 2 N–H and O–H groups in total. The van der Waals surface area contributed by atoms with Crippen molar-refractivity contribution in [1.29, 1.82) is 0 Å². The van der Waals surface area contributed by atoms with Crippen molar-refractivity contribution in [3.8, 4) is 5.75 Å². The highest BCUT2D eigenvalue weighted by Gasteiger charge is 2.24. The molecule has 0 radical (unpaired) electrons. The van der Waals surface area contributed by atoms with Gasteiger partial charge >= 0.3 is 12.0 Å². The van der Waals surface area contributed by atoms with E-state index < -0.39 is 30.1 Å². The smallest absolute Gasteiger partial charge is 0.347 e. The number of hydrogen-bond donors (Lipinski definition) is 2. The Labute approximate surface area is 129 Å². The number of carbonyl (C=O) groups excluding carboxylic acids is 3. The Hall–Kier alpha value is -2.57. The quantitative estimate of drug-likeness (QED) is 0.771. The molecule has 0 heterocycles. The second-order valence-corrected chi connectivity index (χ2v) is 4.50. The van der Waals surface area contributed by atoms with Crippen LogP contribution in [-0.4, -0.2) is 36.7 Å². The molecule has 1 aromatic carbocycles. The minimum Gasteiger partial charge on any atom is -0.479 e. The number of carbonyl (C=O) groups is 3. The first kappa shape index (κ1) is 17.5. The molecule has 7 heteroatoms. The van der Waals surface area contributed by atoms with Crippen LogP contribution in [0.3, 0.4) is 0 Å². The summed E-state index contributed by atoms with van der Waals surface area (Å²) in [4.78, 5) is 34.7. The van der Waals surface area contributed by atoms with Crippen molar-refractivity contribution >= 4 is 17.9 Å². The lowest BCUT2D eigenvalue weighted by atomic mass is 10.3. The Bertz CT molecular complexity index is 518. The molecule has 1 aromatic rings. The van der Waals surface area contributed by atoms with Gasteiger partial charge in [0.25, 0.3) is 5.91 Å².